The molecule has 0 aromatic carbocycles. The Labute approximate surface area is 119 Å². The zero-order valence-corrected chi connectivity index (χ0v) is 13.5. The van der Waals surface area contributed by atoms with Gasteiger partial charge in [-0.15, -0.1) is 24.4 Å². The Balaban J connectivity index is 0. The second-order valence-electron chi connectivity index (χ2n) is 5.55. The van der Waals surface area contributed by atoms with Gasteiger partial charge in [0, 0.05) is 0 Å². The Morgan fingerprint density at radius 1 is 1.53 bits per heavy atom. The number of rotatable bonds is 3. The molecule has 103 valence electrons. The van der Waals surface area contributed by atoms with E-state index in [-0.39, 0.29) is 23.1 Å². The van der Waals surface area contributed by atoms with E-state index in [1.807, 2.05) is 6.92 Å². The van der Waals surface area contributed by atoms with Crippen LogP contribution in [0.4, 0.5) is 0 Å². The maximum Gasteiger partial charge on any atom is 2.00 e. The summed E-state index contributed by atoms with van der Waals surface area (Å²) in [6.45, 7) is 13.2. The molecule has 1 rings (SSSR count). The van der Waals surface area contributed by atoms with Gasteiger partial charge in [-0.1, -0.05) is 58.1 Å². The Morgan fingerprint density at radius 2 is 2.12 bits per heavy atom. The van der Waals surface area contributed by atoms with Gasteiger partial charge in [0.2, 0.25) is 0 Å². The van der Waals surface area contributed by atoms with Crippen LogP contribution >= 0.6 is 0 Å². The van der Waals surface area contributed by atoms with Gasteiger partial charge < -0.3 is 11.1 Å². The van der Waals surface area contributed by atoms with Crippen molar-refractivity contribution in [3.63, 3.8) is 0 Å². The molecule has 0 saturated carbocycles. The second kappa shape index (κ2) is 10.1. The van der Waals surface area contributed by atoms with Gasteiger partial charge in [0.1, 0.15) is 0 Å². The molecule has 1 heterocycles. The Bertz CT molecular complexity index is 224. The van der Waals surface area contributed by atoms with Gasteiger partial charge in [-0.2, -0.15) is 0 Å². The molecule has 4 heteroatoms. The first-order valence-corrected chi connectivity index (χ1v) is 9.67. The smallest absolute Gasteiger partial charge is 0.675 e. The van der Waals surface area contributed by atoms with E-state index in [0.717, 1.165) is 13.0 Å². The fraction of sp³-hybridized carbons (Fsp3) is 0.769. The molecule has 0 aromatic heterocycles. The van der Waals surface area contributed by atoms with Crippen molar-refractivity contribution in [3.8, 4) is 0 Å². The van der Waals surface area contributed by atoms with Gasteiger partial charge in [0.05, 0.1) is 8.07 Å². The zero-order chi connectivity index (χ0) is 12.6. The van der Waals surface area contributed by atoms with Crippen LogP contribution in [-0.4, -0.2) is 26.7 Å². The summed E-state index contributed by atoms with van der Waals surface area (Å²) < 4.78 is 0. The van der Waals surface area contributed by atoms with Crippen LogP contribution in [0.5, 0.6) is 0 Å². The first kappa shape index (κ1) is 19.5. The molecule has 1 fully saturated rings. The molecule has 0 bridgehead atoms. The summed E-state index contributed by atoms with van der Waals surface area (Å²) in [6.07, 6.45) is 3.45. The molecular weight excluding hydrogens is 276 g/mol. The Kier molecular flexibility index (Phi) is 11.6. The van der Waals surface area contributed by atoms with Crippen LogP contribution in [0.2, 0.25) is 19.6 Å². The number of nitrogens with one attached hydrogen (secondary N) is 1. The van der Waals surface area contributed by atoms with E-state index < -0.39 is 8.07 Å². The van der Waals surface area contributed by atoms with Gasteiger partial charge in [-0.3, -0.25) is 0 Å². The van der Waals surface area contributed by atoms with Gasteiger partial charge in [-0.25, -0.2) is 0 Å². The van der Waals surface area contributed by atoms with Crippen LogP contribution in [0.1, 0.15) is 26.2 Å². The summed E-state index contributed by atoms with van der Waals surface area (Å²) in [5.41, 5.74) is 12.2. The summed E-state index contributed by atoms with van der Waals surface area (Å²) in [7, 11) is -0.956. The van der Waals surface area contributed by atoms with E-state index in [0.29, 0.717) is 6.04 Å². The third kappa shape index (κ3) is 14.1. The van der Waals surface area contributed by atoms with E-state index in [9.17, 15) is 0 Å². The van der Waals surface area contributed by atoms with Crippen LogP contribution in [0.3, 0.4) is 0 Å². The third-order valence-corrected chi connectivity index (χ3v) is 3.31. The largest absolute Gasteiger partial charge is 2.00 e. The van der Waals surface area contributed by atoms with Crippen LogP contribution < -0.4 is 0 Å². The summed E-state index contributed by atoms with van der Waals surface area (Å²) in [6, 6.07) is 0.606. The van der Waals surface area contributed by atoms with Gasteiger partial charge in [0.15, 0.2) is 0 Å². The van der Waals surface area contributed by atoms with Crippen molar-refractivity contribution in [2.24, 2.45) is 0 Å². The number of nitrogens with zero attached hydrogens (tertiary/aromatic N) is 1. The average molecular weight is 302 g/mol. The van der Waals surface area contributed by atoms with Crippen molar-refractivity contribution in [2.45, 2.75) is 57.9 Å². The molecule has 1 aliphatic heterocycles. The molecule has 0 aliphatic carbocycles. The number of hydrogen-bond donors (Lipinski definition) is 0. The van der Waals surface area contributed by atoms with Crippen molar-refractivity contribution >= 4 is 8.07 Å². The molecular formula is C13H26CuN2Si. The zero-order valence-electron chi connectivity index (χ0n) is 11.5. The summed E-state index contributed by atoms with van der Waals surface area (Å²) in [5, 5.41) is 4.36. The molecule has 1 N–H and O–H groups in total. The fourth-order valence-electron chi connectivity index (χ4n) is 1.60. The Morgan fingerprint density at radius 3 is 2.35 bits per heavy atom. The maximum absolute atomic E-state index is 7.28. The van der Waals surface area contributed by atoms with Gasteiger partial charge in [-0.05, 0) is 0 Å². The average Bonchev–Trinajstić information content (AvgIpc) is 2.54. The van der Waals surface area contributed by atoms with Crippen molar-refractivity contribution in [3.05, 3.63) is 29.1 Å². The van der Waals surface area contributed by atoms with Crippen molar-refractivity contribution in [1.82, 2.24) is 0 Å². The van der Waals surface area contributed by atoms with Crippen LogP contribution in [0.15, 0.2) is 18.0 Å². The monoisotopic (exact) mass is 301 g/mol. The topological polar surface area (TPSA) is 37.9 Å². The molecule has 17 heavy (non-hydrogen) atoms. The van der Waals surface area contributed by atoms with E-state index in [2.05, 4.69) is 43.0 Å². The van der Waals surface area contributed by atoms with Crippen molar-refractivity contribution < 1.29 is 17.1 Å². The molecule has 1 aliphatic rings. The molecule has 0 spiro atoms. The van der Waals surface area contributed by atoms with Gasteiger partial charge in [0.25, 0.3) is 0 Å². The maximum atomic E-state index is 7.28. The minimum atomic E-state index is -0.956. The summed E-state index contributed by atoms with van der Waals surface area (Å²) in [4.78, 5) is 0. The van der Waals surface area contributed by atoms with E-state index in [4.69, 9.17) is 5.73 Å². The van der Waals surface area contributed by atoms with Gasteiger partial charge >= 0.3 is 17.1 Å². The van der Waals surface area contributed by atoms with Crippen LogP contribution in [-0.2, 0) is 17.1 Å². The standard InChI is InChI=1S/C7H14N2.C6H12Si.Cu/c1-6(8)5-7-3-2-4-9-7;1-5-6-7(2,3)4;/h6-8H,2-5H2,1H3;6H,1H2,2-4H3;/q-2;;+2. The predicted molar refractivity (Wildman–Crippen MR) is 76.7 cm³/mol. The first-order chi connectivity index (χ1) is 7.35. The molecule has 2 unspecified atom stereocenters. The molecule has 0 amide bonds. The summed E-state index contributed by atoms with van der Waals surface area (Å²) >= 11 is 0. The third-order valence-electron chi connectivity index (χ3n) is 2.24. The van der Waals surface area contributed by atoms with Crippen molar-refractivity contribution in [2.75, 3.05) is 6.54 Å². The normalized spacial score (nSPS) is 20.4. The van der Waals surface area contributed by atoms with Crippen LogP contribution in [0, 0.1) is 0 Å². The minimum Gasteiger partial charge on any atom is -0.675 e. The molecule has 1 radical (unpaired) electrons. The first-order valence-electron chi connectivity index (χ1n) is 6.10. The predicted octanol–water partition coefficient (Wildman–Crippen LogP) is 4.56. The minimum absolute atomic E-state index is 0. The molecule has 1 saturated heterocycles. The quantitative estimate of drug-likeness (QED) is 0.541. The number of hydrogen-bond acceptors (Lipinski definition) is 0. The SMILES string of the molecule is C=C=C[Si](C)(C)C.CC([NH-])CC1CCC[N-]1.[Cu+2]. The Hall–Kier alpha value is 0.176. The fourth-order valence-corrected chi connectivity index (χ4v) is 2.21. The van der Waals surface area contributed by atoms with Crippen molar-refractivity contribution in [1.29, 1.82) is 0 Å². The molecule has 2 atom stereocenters. The second-order valence-corrected chi connectivity index (χ2v) is 10.6. The summed E-state index contributed by atoms with van der Waals surface area (Å²) in [5.74, 6) is 0. The van der Waals surface area contributed by atoms with Crippen LogP contribution in [0.25, 0.3) is 11.1 Å². The van der Waals surface area contributed by atoms with E-state index in [1.165, 1.54) is 12.8 Å². The molecule has 0 aromatic rings. The molecule has 2 nitrogen and oxygen atoms in total. The van der Waals surface area contributed by atoms with E-state index >= 15 is 0 Å². The van der Waals surface area contributed by atoms with E-state index in [1.54, 1.807) is 0 Å².